The highest BCUT2D eigenvalue weighted by Gasteiger charge is 2.34. The Hall–Kier alpha value is -6.62. The largest absolute Gasteiger partial charge is 0.573 e. The van der Waals surface area contributed by atoms with E-state index in [1.807, 2.05) is 36.4 Å². The molecule has 1 aromatic heterocycles. The monoisotopic (exact) mass is 907 g/mol. The average Bonchev–Trinajstić information content (AvgIpc) is 3.61. The van der Waals surface area contributed by atoms with Crippen molar-refractivity contribution in [1.82, 2.24) is 20.9 Å². The van der Waals surface area contributed by atoms with Crippen molar-refractivity contribution in [2.75, 3.05) is 5.32 Å². The van der Waals surface area contributed by atoms with Crippen molar-refractivity contribution in [3.05, 3.63) is 107 Å². The molecule has 0 aliphatic carbocycles. The Bertz CT molecular complexity index is 2510. The van der Waals surface area contributed by atoms with Gasteiger partial charge in [-0.05, 0) is 113 Å². The van der Waals surface area contributed by atoms with Gasteiger partial charge in [0.2, 0.25) is 17.7 Å². The summed E-state index contributed by atoms with van der Waals surface area (Å²) in [4.78, 5) is 85.2. The van der Waals surface area contributed by atoms with Crippen LogP contribution in [0.25, 0.3) is 21.7 Å². The van der Waals surface area contributed by atoms with E-state index < -0.39 is 83.4 Å². The second-order valence-electron chi connectivity index (χ2n) is 16.9. The van der Waals surface area contributed by atoms with E-state index in [-0.39, 0.29) is 30.6 Å². The van der Waals surface area contributed by atoms with Gasteiger partial charge in [-0.2, -0.15) is 0 Å². The van der Waals surface area contributed by atoms with Crippen LogP contribution in [0.1, 0.15) is 76.9 Å². The molecular formula is C46H49ClF3N5O9. The number of anilines is 1. The summed E-state index contributed by atoms with van der Waals surface area (Å²) < 4.78 is 53.0. The Balaban J connectivity index is 1.44. The molecule has 4 amide bonds. The maximum absolute atomic E-state index is 14.4. The maximum atomic E-state index is 14.4. The summed E-state index contributed by atoms with van der Waals surface area (Å²) in [7, 11) is 0. The number of benzene rings is 4. The van der Waals surface area contributed by atoms with Gasteiger partial charge in [0.1, 0.15) is 40.8 Å². The van der Waals surface area contributed by atoms with E-state index in [1.54, 1.807) is 71.9 Å². The van der Waals surface area contributed by atoms with Crippen LogP contribution in [0.3, 0.4) is 0 Å². The zero-order valence-corrected chi connectivity index (χ0v) is 36.7. The molecule has 4 aromatic carbocycles. The third-order valence-corrected chi connectivity index (χ3v) is 9.41. The van der Waals surface area contributed by atoms with Gasteiger partial charge in [-0.25, -0.2) is 0 Å². The molecule has 5 aromatic rings. The lowest BCUT2D eigenvalue weighted by Gasteiger charge is -2.26. The SMILES string of the molecule is CC(C)(C)OC(=O)CC[C@H](NC(=O)[C@H](CC(=O)OC(C)(C)C)NC(=O)[C@H](Cc1ccc2ccccc2c1)NC(=O)c1cc2cc(Cl)ccc2[nH]1)C(=O)Nc1ccc(OC(F)(F)F)cc1. The molecule has 340 valence electrons. The third kappa shape index (κ3) is 15.0. The van der Waals surface area contributed by atoms with E-state index in [4.69, 9.17) is 21.1 Å². The topological polar surface area (TPSA) is 194 Å². The fraction of sp³-hybridized carbons (Fsp3) is 0.348. The van der Waals surface area contributed by atoms with E-state index in [9.17, 15) is 41.9 Å². The Labute approximate surface area is 371 Å². The number of aromatic nitrogens is 1. The first-order valence-corrected chi connectivity index (χ1v) is 20.6. The van der Waals surface area contributed by atoms with E-state index in [0.29, 0.717) is 21.5 Å². The molecule has 18 heteroatoms. The summed E-state index contributed by atoms with van der Waals surface area (Å²) in [5, 5.41) is 13.2. The Morgan fingerprint density at radius 2 is 1.28 bits per heavy atom. The zero-order valence-electron chi connectivity index (χ0n) is 35.9. The molecular weight excluding hydrogens is 859 g/mol. The average molecular weight is 908 g/mol. The fourth-order valence-electron chi connectivity index (χ4n) is 6.47. The molecule has 0 bridgehead atoms. The first-order chi connectivity index (χ1) is 29.9. The highest BCUT2D eigenvalue weighted by Crippen LogP contribution is 2.25. The van der Waals surface area contributed by atoms with E-state index in [2.05, 4.69) is 31.0 Å². The minimum atomic E-state index is -4.96. The van der Waals surface area contributed by atoms with Crippen molar-refractivity contribution in [3.63, 3.8) is 0 Å². The van der Waals surface area contributed by atoms with E-state index >= 15 is 0 Å². The van der Waals surface area contributed by atoms with Gasteiger partial charge in [0, 0.05) is 34.5 Å². The summed E-state index contributed by atoms with van der Waals surface area (Å²) in [5.41, 5.74) is -0.515. The molecule has 0 saturated carbocycles. The summed E-state index contributed by atoms with van der Waals surface area (Å²) in [6.07, 6.45) is -6.47. The van der Waals surface area contributed by atoms with Gasteiger partial charge in [0.25, 0.3) is 5.91 Å². The van der Waals surface area contributed by atoms with Gasteiger partial charge < -0.3 is 40.5 Å². The van der Waals surface area contributed by atoms with Gasteiger partial charge in [-0.3, -0.25) is 28.8 Å². The molecule has 0 fully saturated rings. The summed E-state index contributed by atoms with van der Waals surface area (Å²) >= 11 is 6.16. The second-order valence-corrected chi connectivity index (χ2v) is 17.4. The first kappa shape index (κ1) is 48.4. The molecule has 5 rings (SSSR count). The van der Waals surface area contributed by atoms with Crippen LogP contribution in [-0.4, -0.2) is 76.2 Å². The summed E-state index contributed by atoms with van der Waals surface area (Å²) in [6, 6.07) is 19.2. The number of hydrogen-bond donors (Lipinski definition) is 5. The predicted octanol–water partition coefficient (Wildman–Crippen LogP) is 7.68. The number of hydrogen-bond acceptors (Lipinski definition) is 9. The number of nitrogens with one attached hydrogen (secondary N) is 5. The van der Waals surface area contributed by atoms with Gasteiger partial charge >= 0.3 is 18.3 Å². The van der Waals surface area contributed by atoms with Crippen LogP contribution in [-0.2, 0) is 39.9 Å². The molecule has 14 nitrogen and oxygen atoms in total. The number of fused-ring (bicyclic) bond motifs is 2. The highest BCUT2D eigenvalue weighted by atomic mass is 35.5. The lowest BCUT2D eigenvalue weighted by molar-refractivity contribution is -0.274. The number of carbonyl (C=O) groups is 6. The lowest BCUT2D eigenvalue weighted by Crippen LogP contribution is -2.57. The van der Waals surface area contributed by atoms with Crippen molar-refractivity contribution in [2.45, 2.75) is 103 Å². The molecule has 64 heavy (non-hydrogen) atoms. The van der Waals surface area contributed by atoms with Crippen LogP contribution in [0.2, 0.25) is 5.02 Å². The van der Waals surface area contributed by atoms with Gasteiger partial charge in [0.15, 0.2) is 0 Å². The van der Waals surface area contributed by atoms with Crippen molar-refractivity contribution < 1.29 is 56.1 Å². The molecule has 0 saturated heterocycles. The molecule has 0 spiro atoms. The Kier molecular flexibility index (Phi) is 15.3. The van der Waals surface area contributed by atoms with Crippen molar-refractivity contribution in [1.29, 1.82) is 0 Å². The molecule has 1 heterocycles. The highest BCUT2D eigenvalue weighted by molar-refractivity contribution is 6.31. The number of alkyl halides is 3. The van der Waals surface area contributed by atoms with Crippen molar-refractivity contribution in [3.8, 4) is 5.75 Å². The number of carbonyl (C=O) groups excluding carboxylic acids is 6. The number of H-pyrrole nitrogens is 1. The fourth-order valence-corrected chi connectivity index (χ4v) is 6.65. The molecule has 0 unspecified atom stereocenters. The predicted molar refractivity (Wildman–Crippen MR) is 233 cm³/mol. The van der Waals surface area contributed by atoms with E-state index in [1.165, 1.54) is 0 Å². The van der Waals surface area contributed by atoms with Crippen LogP contribution in [0.15, 0.2) is 91.0 Å². The van der Waals surface area contributed by atoms with Crippen LogP contribution < -0.4 is 26.0 Å². The van der Waals surface area contributed by atoms with Crippen LogP contribution in [0, 0.1) is 0 Å². The number of halogens is 4. The van der Waals surface area contributed by atoms with Crippen LogP contribution >= 0.6 is 11.6 Å². The quantitative estimate of drug-likeness (QED) is 0.0618. The van der Waals surface area contributed by atoms with E-state index in [0.717, 1.165) is 35.0 Å². The number of amides is 4. The number of esters is 2. The normalized spacial score (nSPS) is 13.3. The number of rotatable bonds is 16. The second kappa shape index (κ2) is 20.3. The molecule has 0 aliphatic rings. The molecule has 0 radical (unpaired) electrons. The van der Waals surface area contributed by atoms with Gasteiger partial charge in [-0.1, -0.05) is 54.1 Å². The van der Waals surface area contributed by atoms with Gasteiger partial charge in [0.05, 0.1) is 6.42 Å². The zero-order chi connectivity index (χ0) is 47.0. The van der Waals surface area contributed by atoms with Gasteiger partial charge in [-0.15, -0.1) is 13.2 Å². The van der Waals surface area contributed by atoms with Crippen LogP contribution in [0.5, 0.6) is 5.75 Å². The Morgan fingerprint density at radius 1 is 0.656 bits per heavy atom. The standard InChI is InChI=1S/C46H49ClF3N5O9/c1-44(2,3)63-38(56)20-19-34(40(58)51-31-14-16-32(17-15-31)62-46(48,49)50)53-43(61)37(25-39(57)64-45(4,5)6)55-41(59)35(22-26-11-12-27-9-7-8-10-28(27)21-26)54-42(60)36-24-29-23-30(47)13-18-33(29)52-36/h7-18,21,23-24,34-35,37,52H,19-20,22,25H2,1-6H3,(H,51,58)(H,53,61)(H,54,60)(H,55,59)/t34-,35-,37-/m0/s1. The minimum absolute atomic E-state index is 0.0139. The lowest BCUT2D eigenvalue weighted by atomic mass is 10.0. The summed E-state index contributed by atoms with van der Waals surface area (Å²) in [5.74, 6) is -5.64. The molecule has 0 aliphatic heterocycles. The van der Waals surface area contributed by atoms with Crippen LogP contribution in [0.4, 0.5) is 18.9 Å². The number of aromatic amines is 1. The Morgan fingerprint density at radius 3 is 1.94 bits per heavy atom. The minimum Gasteiger partial charge on any atom is -0.460 e. The molecule has 3 atom stereocenters. The molecule has 5 N–H and O–H groups in total. The third-order valence-electron chi connectivity index (χ3n) is 9.17. The summed E-state index contributed by atoms with van der Waals surface area (Å²) in [6.45, 7) is 9.72. The smallest absolute Gasteiger partial charge is 0.460 e. The first-order valence-electron chi connectivity index (χ1n) is 20.2. The number of ether oxygens (including phenoxy) is 3. The maximum Gasteiger partial charge on any atom is 0.573 e. The van der Waals surface area contributed by atoms with Crippen molar-refractivity contribution >= 4 is 74.5 Å². The van der Waals surface area contributed by atoms with Crippen molar-refractivity contribution in [2.24, 2.45) is 0 Å².